The summed E-state index contributed by atoms with van der Waals surface area (Å²) in [5.74, 6) is -0.499. The van der Waals surface area contributed by atoms with Gasteiger partial charge in [0.2, 0.25) is 11.8 Å². The highest BCUT2D eigenvalue weighted by Crippen LogP contribution is 2.24. The standard InChI is InChI=1S/C17H15ClN2O4S/c18-13-5-7-14(8-6-13)25(23,24)19-15-4-2-1-3-12(15)11-20-16(21)9-10-17(20)22/h1-8,19H,9-11H2. The van der Waals surface area contributed by atoms with Crippen molar-refractivity contribution in [2.75, 3.05) is 4.72 Å². The van der Waals surface area contributed by atoms with E-state index in [9.17, 15) is 18.0 Å². The van der Waals surface area contributed by atoms with Crippen molar-refractivity contribution in [3.05, 3.63) is 59.1 Å². The van der Waals surface area contributed by atoms with Gasteiger partial charge in [0.1, 0.15) is 0 Å². The number of para-hydroxylation sites is 1. The molecule has 0 saturated carbocycles. The quantitative estimate of drug-likeness (QED) is 0.811. The molecule has 1 heterocycles. The first kappa shape index (κ1) is 17.4. The highest BCUT2D eigenvalue weighted by Gasteiger charge is 2.29. The van der Waals surface area contributed by atoms with Crippen molar-refractivity contribution in [1.82, 2.24) is 4.90 Å². The summed E-state index contributed by atoms with van der Waals surface area (Å²) in [5, 5.41) is 0.436. The number of anilines is 1. The van der Waals surface area contributed by atoms with E-state index in [4.69, 9.17) is 11.6 Å². The number of imide groups is 1. The van der Waals surface area contributed by atoms with Crippen LogP contribution in [0.1, 0.15) is 18.4 Å². The van der Waals surface area contributed by atoms with Crippen LogP contribution in [0.2, 0.25) is 5.02 Å². The number of nitrogens with one attached hydrogen (secondary N) is 1. The van der Waals surface area contributed by atoms with Gasteiger partial charge in [-0.05, 0) is 35.9 Å². The maximum absolute atomic E-state index is 12.5. The van der Waals surface area contributed by atoms with E-state index < -0.39 is 10.0 Å². The molecule has 0 atom stereocenters. The van der Waals surface area contributed by atoms with Gasteiger partial charge in [0.15, 0.2) is 0 Å². The van der Waals surface area contributed by atoms with Crippen molar-refractivity contribution in [1.29, 1.82) is 0 Å². The third-order valence-corrected chi connectivity index (χ3v) is 5.50. The zero-order chi connectivity index (χ0) is 18.0. The van der Waals surface area contributed by atoms with E-state index in [0.29, 0.717) is 16.3 Å². The zero-order valence-corrected chi connectivity index (χ0v) is 14.7. The van der Waals surface area contributed by atoms with Gasteiger partial charge in [-0.25, -0.2) is 8.42 Å². The molecule has 25 heavy (non-hydrogen) atoms. The molecule has 2 aromatic carbocycles. The first-order valence-corrected chi connectivity index (χ1v) is 9.42. The van der Waals surface area contributed by atoms with Crippen molar-refractivity contribution >= 4 is 39.1 Å². The minimum absolute atomic E-state index is 0.0387. The highest BCUT2D eigenvalue weighted by atomic mass is 35.5. The largest absolute Gasteiger partial charge is 0.279 e. The first-order chi connectivity index (χ1) is 11.9. The normalized spacial score (nSPS) is 14.8. The summed E-state index contributed by atoms with van der Waals surface area (Å²) >= 11 is 5.79. The number of carbonyl (C=O) groups is 2. The molecule has 1 N–H and O–H groups in total. The lowest BCUT2D eigenvalue weighted by Crippen LogP contribution is -2.29. The number of nitrogens with zero attached hydrogens (tertiary/aromatic N) is 1. The minimum Gasteiger partial charge on any atom is -0.279 e. The van der Waals surface area contributed by atoms with Crippen LogP contribution < -0.4 is 4.72 Å². The van der Waals surface area contributed by atoms with Gasteiger partial charge < -0.3 is 0 Å². The second kappa shape index (κ2) is 6.85. The predicted octanol–water partition coefficient (Wildman–Crippen LogP) is 2.79. The van der Waals surface area contributed by atoms with Gasteiger partial charge in [0.25, 0.3) is 10.0 Å². The number of halogens is 1. The lowest BCUT2D eigenvalue weighted by Gasteiger charge is -2.17. The third kappa shape index (κ3) is 3.83. The average Bonchev–Trinajstić information content (AvgIpc) is 2.89. The summed E-state index contributed by atoms with van der Waals surface area (Å²) < 4.78 is 27.6. The lowest BCUT2D eigenvalue weighted by molar-refractivity contribution is -0.139. The number of rotatable bonds is 5. The van der Waals surface area contributed by atoms with Crippen molar-refractivity contribution < 1.29 is 18.0 Å². The maximum atomic E-state index is 12.5. The molecule has 0 radical (unpaired) electrons. The number of sulfonamides is 1. The van der Waals surface area contributed by atoms with Crippen LogP contribution in [0.5, 0.6) is 0 Å². The van der Waals surface area contributed by atoms with E-state index in [1.54, 1.807) is 24.3 Å². The van der Waals surface area contributed by atoms with E-state index >= 15 is 0 Å². The Kier molecular flexibility index (Phi) is 4.78. The molecule has 2 amide bonds. The predicted molar refractivity (Wildman–Crippen MR) is 93.5 cm³/mol. The molecule has 1 aliphatic rings. The molecule has 2 aromatic rings. The molecule has 3 rings (SSSR count). The fourth-order valence-corrected chi connectivity index (χ4v) is 3.77. The Hall–Kier alpha value is -2.38. The smallest absolute Gasteiger partial charge is 0.261 e. The molecule has 0 aromatic heterocycles. The second-order valence-corrected chi connectivity index (χ2v) is 7.71. The number of carbonyl (C=O) groups excluding carboxylic acids is 2. The Morgan fingerprint density at radius 2 is 1.56 bits per heavy atom. The van der Waals surface area contributed by atoms with Gasteiger partial charge in [-0.2, -0.15) is 0 Å². The Labute approximate surface area is 150 Å². The topological polar surface area (TPSA) is 83.6 Å². The Balaban J connectivity index is 1.87. The molecule has 0 bridgehead atoms. The van der Waals surface area contributed by atoms with Crippen molar-refractivity contribution in [3.8, 4) is 0 Å². The molecule has 130 valence electrons. The van der Waals surface area contributed by atoms with Gasteiger partial charge in [-0.15, -0.1) is 0 Å². The van der Waals surface area contributed by atoms with Crippen LogP contribution in [-0.2, 0) is 26.2 Å². The van der Waals surface area contributed by atoms with E-state index in [1.165, 1.54) is 24.3 Å². The molecule has 8 heteroatoms. The summed E-state index contributed by atoms with van der Waals surface area (Å²) in [5.41, 5.74) is 0.869. The summed E-state index contributed by atoms with van der Waals surface area (Å²) in [7, 11) is -3.81. The number of hydrogen-bond donors (Lipinski definition) is 1. The number of hydrogen-bond acceptors (Lipinski definition) is 4. The van der Waals surface area contributed by atoms with Crippen LogP contribution in [0.25, 0.3) is 0 Å². The van der Waals surface area contributed by atoms with Crippen LogP contribution in [-0.4, -0.2) is 25.1 Å². The fourth-order valence-electron chi connectivity index (χ4n) is 2.54. The molecule has 0 aliphatic carbocycles. The summed E-state index contributed by atoms with van der Waals surface area (Å²) in [6, 6.07) is 12.5. The van der Waals surface area contributed by atoms with Gasteiger partial charge in [-0.1, -0.05) is 29.8 Å². The average molecular weight is 379 g/mol. The van der Waals surface area contributed by atoms with Gasteiger partial charge in [0, 0.05) is 17.9 Å². The summed E-state index contributed by atoms with van der Waals surface area (Å²) in [4.78, 5) is 24.8. The van der Waals surface area contributed by atoms with Gasteiger partial charge in [0.05, 0.1) is 17.1 Å². The van der Waals surface area contributed by atoms with E-state index in [-0.39, 0.29) is 36.1 Å². The SMILES string of the molecule is O=C1CCC(=O)N1Cc1ccccc1NS(=O)(=O)c1ccc(Cl)cc1. The number of likely N-dealkylation sites (tertiary alicyclic amines) is 1. The Morgan fingerprint density at radius 3 is 2.20 bits per heavy atom. The van der Waals surface area contributed by atoms with E-state index in [0.717, 1.165) is 4.90 Å². The number of amides is 2. The molecule has 1 aliphatic heterocycles. The number of benzene rings is 2. The van der Waals surface area contributed by atoms with E-state index in [1.807, 2.05) is 0 Å². The molecule has 6 nitrogen and oxygen atoms in total. The van der Waals surface area contributed by atoms with Crippen LogP contribution >= 0.6 is 11.6 Å². The monoisotopic (exact) mass is 378 g/mol. The molecule has 0 unspecified atom stereocenters. The lowest BCUT2D eigenvalue weighted by atomic mass is 10.2. The Morgan fingerprint density at radius 1 is 0.960 bits per heavy atom. The third-order valence-electron chi connectivity index (χ3n) is 3.87. The van der Waals surface area contributed by atoms with Crippen LogP contribution in [0.15, 0.2) is 53.4 Å². The molecule has 1 saturated heterocycles. The minimum atomic E-state index is -3.81. The fraction of sp³-hybridized carbons (Fsp3) is 0.176. The van der Waals surface area contributed by atoms with Gasteiger partial charge in [-0.3, -0.25) is 19.2 Å². The van der Waals surface area contributed by atoms with Crippen molar-refractivity contribution in [2.24, 2.45) is 0 Å². The van der Waals surface area contributed by atoms with Crippen molar-refractivity contribution in [3.63, 3.8) is 0 Å². The summed E-state index contributed by atoms with van der Waals surface area (Å²) in [6.45, 7) is 0.0387. The summed E-state index contributed by atoms with van der Waals surface area (Å²) in [6.07, 6.45) is 0.384. The molecule has 1 fully saturated rings. The van der Waals surface area contributed by atoms with E-state index in [2.05, 4.69) is 4.72 Å². The zero-order valence-electron chi connectivity index (χ0n) is 13.1. The van der Waals surface area contributed by atoms with Gasteiger partial charge >= 0.3 is 0 Å². The second-order valence-electron chi connectivity index (χ2n) is 5.59. The van der Waals surface area contributed by atoms with Crippen LogP contribution in [0.4, 0.5) is 5.69 Å². The van der Waals surface area contributed by atoms with Crippen LogP contribution in [0, 0.1) is 0 Å². The first-order valence-electron chi connectivity index (χ1n) is 7.56. The molecular weight excluding hydrogens is 364 g/mol. The Bertz CT molecular complexity index is 910. The molecule has 0 spiro atoms. The highest BCUT2D eigenvalue weighted by molar-refractivity contribution is 7.92. The molecular formula is C17H15ClN2O4S. The maximum Gasteiger partial charge on any atom is 0.261 e. The van der Waals surface area contributed by atoms with Crippen molar-refractivity contribution in [2.45, 2.75) is 24.3 Å². The van der Waals surface area contributed by atoms with Crippen LogP contribution in [0.3, 0.4) is 0 Å².